The Hall–Kier alpha value is -0.120. The summed E-state index contributed by atoms with van der Waals surface area (Å²) in [6.07, 6.45) is 1.19. The summed E-state index contributed by atoms with van der Waals surface area (Å²) in [5, 5.41) is 9.67. The second-order valence-electron chi connectivity index (χ2n) is 4.91. The third-order valence-electron chi connectivity index (χ3n) is 4.58. The molecule has 3 rings (SSSR count). The van der Waals surface area contributed by atoms with E-state index in [4.69, 9.17) is 0 Å². The van der Waals surface area contributed by atoms with Gasteiger partial charge in [0.1, 0.15) is 0 Å². The van der Waals surface area contributed by atoms with E-state index in [-0.39, 0.29) is 6.10 Å². The molecule has 4 unspecified atom stereocenters. The van der Waals surface area contributed by atoms with Crippen LogP contribution in [0.4, 0.5) is 0 Å². The standard InChI is InChI=1S/C10H18N2O/c1-7-8(2)12-6-9(13)5-11-4-3-10(7,11)12/h7-9,13H,3-6H2,1-2H3. The van der Waals surface area contributed by atoms with E-state index < -0.39 is 0 Å². The fourth-order valence-corrected chi connectivity index (χ4v) is 3.64. The maximum Gasteiger partial charge on any atom is 0.0795 e. The number of hydrogen-bond donors (Lipinski definition) is 1. The summed E-state index contributed by atoms with van der Waals surface area (Å²) in [6, 6.07) is 0.665. The SMILES string of the molecule is CC1C(C)C23CCN2CC(O)CN13. The Labute approximate surface area is 79.3 Å². The summed E-state index contributed by atoms with van der Waals surface area (Å²) in [7, 11) is 0. The summed E-state index contributed by atoms with van der Waals surface area (Å²) < 4.78 is 0. The first-order chi connectivity index (χ1) is 6.16. The Bertz CT molecular complexity index is 245. The lowest BCUT2D eigenvalue weighted by Crippen LogP contribution is -2.87. The van der Waals surface area contributed by atoms with Crippen LogP contribution in [0.15, 0.2) is 0 Å². The zero-order chi connectivity index (χ0) is 9.22. The van der Waals surface area contributed by atoms with E-state index in [1.165, 1.54) is 13.0 Å². The fraction of sp³-hybridized carbons (Fsp3) is 1.00. The van der Waals surface area contributed by atoms with E-state index in [0.717, 1.165) is 19.0 Å². The van der Waals surface area contributed by atoms with Crippen molar-refractivity contribution in [2.45, 2.75) is 38.1 Å². The fourth-order valence-electron chi connectivity index (χ4n) is 3.64. The van der Waals surface area contributed by atoms with Crippen molar-refractivity contribution in [2.75, 3.05) is 19.6 Å². The molecule has 74 valence electrons. The Morgan fingerprint density at radius 2 is 2.08 bits per heavy atom. The monoisotopic (exact) mass is 182 g/mol. The molecular formula is C10H18N2O. The summed E-state index contributed by atoms with van der Waals surface area (Å²) >= 11 is 0. The molecule has 4 atom stereocenters. The van der Waals surface area contributed by atoms with Crippen LogP contribution in [0.3, 0.4) is 0 Å². The molecule has 3 nitrogen and oxygen atoms in total. The summed E-state index contributed by atoms with van der Waals surface area (Å²) in [5.41, 5.74) is 0.374. The van der Waals surface area contributed by atoms with E-state index in [1.54, 1.807) is 0 Å². The molecule has 0 amide bonds. The van der Waals surface area contributed by atoms with Gasteiger partial charge in [0.05, 0.1) is 11.8 Å². The van der Waals surface area contributed by atoms with Crippen LogP contribution in [0.5, 0.6) is 0 Å². The minimum atomic E-state index is -0.122. The van der Waals surface area contributed by atoms with E-state index in [0.29, 0.717) is 11.7 Å². The first kappa shape index (κ1) is 8.21. The number of nitrogens with zero attached hydrogens (tertiary/aromatic N) is 2. The van der Waals surface area contributed by atoms with Crippen molar-refractivity contribution in [1.29, 1.82) is 0 Å². The molecule has 3 heteroatoms. The van der Waals surface area contributed by atoms with Crippen molar-refractivity contribution in [3.8, 4) is 0 Å². The van der Waals surface area contributed by atoms with Gasteiger partial charge in [-0.1, -0.05) is 6.92 Å². The van der Waals surface area contributed by atoms with Gasteiger partial charge in [0.25, 0.3) is 0 Å². The van der Waals surface area contributed by atoms with Gasteiger partial charge in [-0.2, -0.15) is 0 Å². The molecule has 0 saturated carbocycles. The Morgan fingerprint density at radius 1 is 1.31 bits per heavy atom. The van der Waals surface area contributed by atoms with Crippen LogP contribution in [0.2, 0.25) is 0 Å². The van der Waals surface area contributed by atoms with Gasteiger partial charge in [0.2, 0.25) is 0 Å². The van der Waals surface area contributed by atoms with Gasteiger partial charge >= 0.3 is 0 Å². The zero-order valence-corrected chi connectivity index (χ0v) is 8.40. The predicted octanol–water partition coefficient (Wildman–Crippen LogP) is 0.103. The molecule has 3 saturated heterocycles. The molecule has 0 bridgehead atoms. The van der Waals surface area contributed by atoms with Crippen molar-refractivity contribution >= 4 is 0 Å². The maximum atomic E-state index is 9.67. The number of aliphatic hydroxyl groups excluding tert-OH is 1. The highest BCUT2D eigenvalue weighted by molar-refractivity contribution is 5.16. The second-order valence-corrected chi connectivity index (χ2v) is 4.91. The molecule has 3 fully saturated rings. The van der Waals surface area contributed by atoms with Crippen molar-refractivity contribution in [3.63, 3.8) is 0 Å². The highest BCUT2D eigenvalue weighted by Gasteiger charge is 2.65. The van der Waals surface area contributed by atoms with Gasteiger partial charge in [-0.05, 0) is 13.3 Å². The largest absolute Gasteiger partial charge is 0.390 e. The minimum absolute atomic E-state index is 0.122. The Balaban J connectivity index is 1.88. The smallest absolute Gasteiger partial charge is 0.0795 e. The van der Waals surface area contributed by atoms with Gasteiger partial charge in [0, 0.05) is 31.6 Å². The van der Waals surface area contributed by atoms with Crippen molar-refractivity contribution in [2.24, 2.45) is 5.92 Å². The van der Waals surface area contributed by atoms with Crippen molar-refractivity contribution in [1.82, 2.24) is 9.80 Å². The third kappa shape index (κ3) is 0.729. The van der Waals surface area contributed by atoms with E-state index in [1.807, 2.05) is 0 Å². The summed E-state index contributed by atoms with van der Waals surface area (Å²) in [6.45, 7) is 7.61. The van der Waals surface area contributed by atoms with E-state index >= 15 is 0 Å². The first-order valence-electron chi connectivity index (χ1n) is 5.36. The maximum absolute atomic E-state index is 9.67. The summed E-state index contributed by atoms with van der Waals surface area (Å²) in [4.78, 5) is 4.96. The second kappa shape index (κ2) is 2.27. The number of rotatable bonds is 0. The van der Waals surface area contributed by atoms with Gasteiger partial charge < -0.3 is 5.11 Å². The van der Waals surface area contributed by atoms with Crippen molar-refractivity contribution in [3.05, 3.63) is 0 Å². The number of hydrogen-bond acceptors (Lipinski definition) is 3. The Morgan fingerprint density at radius 3 is 2.69 bits per heavy atom. The normalized spacial score (nSPS) is 56.1. The molecule has 3 aliphatic heterocycles. The molecule has 0 aromatic carbocycles. The minimum Gasteiger partial charge on any atom is -0.390 e. The third-order valence-corrected chi connectivity index (χ3v) is 4.58. The van der Waals surface area contributed by atoms with Crippen LogP contribution >= 0.6 is 0 Å². The molecule has 0 aliphatic carbocycles. The molecule has 0 radical (unpaired) electrons. The number of aliphatic hydroxyl groups is 1. The molecule has 0 aromatic rings. The van der Waals surface area contributed by atoms with Crippen LogP contribution < -0.4 is 0 Å². The molecular weight excluding hydrogens is 164 g/mol. The molecule has 0 aromatic heterocycles. The van der Waals surface area contributed by atoms with E-state index in [9.17, 15) is 5.11 Å². The lowest BCUT2D eigenvalue weighted by Gasteiger charge is -2.74. The topological polar surface area (TPSA) is 26.7 Å². The van der Waals surface area contributed by atoms with Crippen LogP contribution in [0, 0.1) is 5.92 Å². The van der Waals surface area contributed by atoms with Crippen LogP contribution in [-0.4, -0.2) is 52.3 Å². The molecule has 13 heavy (non-hydrogen) atoms. The van der Waals surface area contributed by atoms with Gasteiger partial charge in [-0.25, -0.2) is 0 Å². The lowest BCUT2D eigenvalue weighted by atomic mass is 9.66. The van der Waals surface area contributed by atoms with Crippen LogP contribution in [0.25, 0.3) is 0 Å². The molecule has 1 N–H and O–H groups in total. The van der Waals surface area contributed by atoms with Crippen LogP contribution in [-0.2, 0) is 0 Å². The average Bonchev–Trinajstić information content (AvgIpc) is 2.09. The van der Waals surface area contributed by atoms with Crippen molar-refractivity contribution < 1.29 is 5.11 Å². The van der Waals surface area contributed by atoms with E-state index in [2.05, 4.69) is 23.6 Å². The molecule has 1 spiro atoms. The Kier molecular flexibility index (Phi) is 1.43. The zero-order valence-electron chi connectivity index (χ0n) is 8.40. The van der Waals surface area contributed by atoms with Gasteiger partial charge in [-0.3, -0.25) is 9.80 Å². The molecule has 3 aliphatic rings. The van der Waals surface area contributed by atoms with Gasteiger partial charge in [0.15, 0.2) is 0 Å². The quantitative estimate of drug-likeness (QED) is 0.576. The lowest BCUT2D eigenvalue weighted by molar-refractivity contribution is -0.301. The predicted molar refractivity (Wildman–Crippen MR) is 50.3 cm³/mol. The highest BCUT2D eigenvalue weighted by Crippen LogP contribution is 2.53. The molecule has 3 heterocycles. The first-order valence-corrected chi connectivity index (χ1v) is 5.36. The average molecular weight is 182 g/mol. The van der Waals surface area contributed by atoms with Gasteiger partial charge in [-0.15, -0.1) is 0 Å². The summed E-state index contributed by atoms with van der Waals surface area (Å²) in [5.74, 6) is 0.786. The highest BCUT2D eigenvalue weighted by atomic mass is 16.3. The van der Waals surface area contributed by atoms with Crippen LogP contribution in [0.1, 0.15) is 20.3 Å².